The highest BCUT2D eigenvalue weighted by Gasteiger charge is 2.26. The largest absolute Gasteiger partial charge is 0.461 e. The second-order valence-corrected chi connectivity index (χ2v) is 8.44. The second kappa shape index (κ2) is 9.57. The van der Waals surface area contributed by atoms with Crippen molar-refractivity contribution >= 4 is 46.6 Å². The number of aryl methyl sites for hydroxylation is 1. The third kappa shape index (κ3) is 4.72. The number of carbonyl (C=O) groups excluding carboxylic acids is 1. The highest BCUT2D eigenvalue weighted by molar-refractivity contribution is 6.30. The Morgan fingerprint density at radius 1 is 1.19 bits per heavy atom. The zero-order chi connectivity index (χ0) is 20.5. The van der Waals surface area contributed by atoms with Gasteiger partial charge in [-0.3, -0.25) is 14.7 Å². The normalized spacial score (nSPS) is 17.3. The van der Waals surface area contributed by atoms with Crippen LogP contribution in [0.1, 0.15) is 23.4 Å². The van der Waals surface area contributed by atoms with Crippen LogP contribution in [0.25, 0.3) is 11.0 Å². The molecule has 1 saturated heterocycles. The van der Waals surface area contributed by atoms with Gasteiger partial charge in [-0.2, -0.15) is 0 Å². The number of amides is 1. The van der Waals surface area contributed by atoms with Crippen LogP contribution in [-0.2, 0) is 24.2 Å². The van der Waals surface area contributed by atoms with Gasteiger partial charge >= 0.3 is 0 Å². The van der Waals surface area contributed by atoms with E-state index in [2.05, 4.69) is 21.3 Å². The quantitative estimate of drug-likeness (QED) is 0.640. The third-order valence-electron chi connectivity index (χ3n) is 6.00. The van der Waals surface area contributed by atoms with Crippen LogP contribution in [0.2, 0.25) is 5.02 Å². The first-order valence-corrected chi connectivity index (χ1v) is 10.9. The monoisotopic (exact) mass is 460 g/mol. The number of carbonyl (C=O) groups is 1. The smallest absolute Gasteiger partial charge is 0.241 e. The summed E-state index contributed by atoms with van der Waals surface area (Å²) in [5.41, 5.74) is 4.06. The number of benzene rings is 1. The molecule has 0 radical (unpaired) electrons. The highest BCUT2D eigenvalue weighted by Crippen LogP contribution is 2.31. The molecule has 3 aromatic rings. The summed E-state index contributed by atoms with van der Waals surface area (Å²) in [6.45, 7) is 4.63. The molecule has 0 aliphatic carbocycles. The van der Waals surface area contributed by atoms with Crippen molar-refractivity contribution in [2.24, 2.45) is 0 Å². The SMILES string of the molecule is Cl.O=C1CN(CCc2ccc(Cl)cn2)CCN1c1ccc2c3c(oc2c1)CCCNC3. The molecule has 1 fully saturated rings. The Kier molecular flexibility index (Phi) is 6.82. The average molecular weight is 461 g/mol. The zero-order valence-electron chi connectivity index (χ0n) is 17.3. The molecular formula is C23H26Cl2N4O2. The second-order valence-electron chi connectivity index (χ2n) is 8.00. The Morgan fingerprint density at radius 3 is 2.90 bits per heavy atom. The van der Waals surface area contributed by atoms with Gasteiger partial charge in [-0.1, -0.05) is 11.6 Å². The summed E-state index contributed by atoms with van der Waals surface area (Å²) in [5, 5.41) is 5.26. The molecule has 0 bridgehead atoms. The predicted octanol–water partition coefficient (Wildman–Crippen LogP) is 3.83. The third-order valence-corrected chi connectivity index (χ3v) is 6.23. The summed E-state index contributed by atoms with van der Waals surface area (Å²) >= 11 is 5.89. The summed E-state index contributed by atoms with van der Waals surface area (Å²) in [5.74, 6) is 1.21. The van der Waals surface area contributed by atoms with Crippen molar-refractivity contribution in [3.05, 3.63) is 58.6 Å². The van der Waals surface area contributed by atoms with E-state index in [1.165, 1.54) is 5.56 Å². The van der Waals surface area contributed by atoms with E-state index in [4.69, 9.17) is 16.0 Å². The Morgan fingerprint density at radius 2 is 2.10 bits per heavy atom. The van der Waals surface area contributed by atoms with Gasteiger partial charge in [0.05, 0.1) is 11.6 Å². The molecule has 2 aliphatic heterocycles. The molecule has 1 N–H and O–H groups in total. The van der Waals surface area contributed by atoms with Crippen LogP contribution in [0.15, 0.2) is 40.9 Å². The Hall–Kier alpha value is -2.12. The molecule has 2 aliphatic rings. The first kappa shape index (κ1) is 22.1. The molecule has 164 valence electrons. The highest BCUT2D eigenvalue weighted by atomic mass is 35.5. The van der Waals surface area contributed by atoms with Crippen molar-refractivity contribution in [1.82, 2.24) is 15.2 Å². The lowest BCUT2D eigenvalue weighted by Crippen LogP contribution is -2.50. The minimum atomic E-state index is 0. The molecule has 5 rings (SSSR count). The number of aromatic nitrogens is 1. The number of piperazine rings is 1. The molecule has 1 amide bonds. The molecular weight excluding hydrogens is 435 g/mol. The van der Waals surface area contributed by atoms with Gasteiger partial charge in [-0.05, 0) is 37.2 Å². The molecule has 0 atom stereocenters. The van der Waals surface area contributed by atoms with E-state index in [-0.39, 0.29) is 18.3 Å². The summed E-state index contributed by atoms with van der Waals surface area (Å²) < 4.78 is 6.15. The number of hydrogen-bond donors (Lipinski definition) is 1. The van der Waals surface area contributed by atoms with Crippen LogP contribution < -0.4 is 10.2 Å². The van der Waals surface area contributed by atoms with E-state index in [9.17, 15) is 4.79 Å². The van der Waals surface area contributed by atoms with E-state index in [0.717, 1.165) is 73.6 Å². The van der Waals surface area contributed by atoms with Gasteiger partial charge in [0.25, 0.3) is 0 Å². The fraction of sp³-hybridized carbons (Fsp3) is 0.391. The van der Waals surface area contributed by atoms with Crippen molar-refractivity contribution in [3.8, 4) is 0 Å². The summed E-state index contributed by atoms with van der Waals surface area (Å²) in [6.07, 6.45) is 4.53. The number of furan rings is 1. The molecule has 2 aromatic heterocycles. The van der Waals surface area contributed by atoms with Crippen LogP contribution in [0, 0.1) is 0 Å². The molecule has 4 heterocycles. The van der Waals surface area contributed by atoms with Crippen LogP contribution in [-0.4, -0.2) is 48.5 Å². The van der Waals surface area contributed by atoms with Crippen LogP contribution in [0.5, 0.6) is 0 Å². The van der Waals surface area contributed by atoms with E-state index in [1.807, 2.05) is 29.2 Å². The number of rotatable bonds is 4. The Labute approximate surface area is 193 Å². The molecule has 6 nitrogen and oxygen atoms in total. The molecule has 0 unspecified atom stereocenters. The van der Waals surface area contributed by atoms with Gasteiger partial charge in [0, 0.05) is 73.6 Å². The average Bonchev–Trinajstić information content (AvgIpc) is 2.93. The Balaban J connectivity index is 0.00000231. The summed E-state index contributed by atoms with van der Waals surface area (Å²) in [7, 11) is 0. The van der Waals surface area contributed by atoms with E-state index in [0.29, 0.717) is 18.1 Å². The number of fused-ring (bicyclic) bond motifs is 3. The standard InChI is InChI=1S/C23H25ClN4O2.ClH/c24-16-3-4-17(26-13-16)7-9-27-10-11-28(23(29)15-27)18-5-6-19-20-14-25-8-1-2-21(20)30-22(19)12-18;/h3-6,12-13,25H,1-2,7-11,14-15H2;1H. The predicted molar refractivity (Wildman–Crippen MR) is 125 cm³/mol. The van der Waals surface area contributed by atoms with Crippen molar-refractivity contribution in [2.75, 3.05) is 37.6 Å². The van der Waals surface area contributed by atoms with Crippen molar-refractivity contribution in [1.29, 1.82) is 0 Å². The molecule has 0 spiro atoms. The van der Waals surface area contributed by atoms with Gasteiger partial charge < -0.3 is 14.6 Å². The molecule has 31 heavy (non-hydrogen) atoms. The van der Waals surface area contributed by atoms with Gasteiger partial charge in [0.2, 0.25) is 5.91 Å². The maximum Gasteiger partial charge on any atom is 0.241 e. The lowest BCUT2D eigenvalue weighted by molar-refractivity contribution is -0.121. The van der Waals surface area contributed by atoms with E-state index >= 15 is 0 Å². The maximum absolute atomic E-state index is 12.8. The minimum absolute atomic E-state index is 0. The van der Waals surface area contributed by atoms with Gasteiger partial charge in [-0.15, -0.1) is 12.4 Å². The first-order chi connectivity index (χ1) is 14.7. The zero-order valence-corrected chi connectivity index (χ0v) is 18.8. The number of pyridine rings is 1. The Bertz CT molecular complexity index is 1070. The summed E-state index contributed by atoms with van der Waals surface area (Å²) in [4.78, 5) is 21.3. The topological polar surface area (TPSA) is 61.6 Å². The van der Waals surface area contributed by atoms with Crippen LogP contribution >= 0.6 is 24.0 Å². The number of hydrogen-bond acceptors (Lipinski definition) is 5. The number of nitrogens with zero attached hydrogens (tertiary/aromatic N) is 3. The minimum Gasteiger partial charge on any atom is -0.461 e. The maximum atomic E-state index is 12.8. The fourth-order valence-electron chi connectivity index (χ4n) is 4.35. The van der Waals surface area contributed by atoms with E-state index in [1.54, 1.807) is 6.20 Å². The van der Waals surface area contributed by atoms with Crippen molar-refractivity contribution in [3.63, 3.8) is 0 Å². The van der Waals surface area contributed by atoms with Crippen LogP contribution in [0.4, 0.5) is 5.69 Å². The van der Waals surface area contributed by atoms with Gasteiger partial charge in [0.15, 0.2) is 0 Å². The molecule has 0 saturated carbocycles. The number of halogens is 2. The van der Waals surface area contributed by atoms with Crippen molar-refractivity contribution < 1.29 is 9.21 Å². The number of anilines is 1. The lowest BCUT2D eigenvalue weighted by Gasteiger charge is -2.34. The first-order valence-electron chi connectivity index (χ1n) is 10.6. The number of nitrogens with one attached hydrogen (secondary N) is 1. The lowest BCUT2D eigenvalue weighted by atomic mass is 10.1. The summed E-state index contributed by atoms with van der Waals surface area (Å²) in [6, 6.07) is 9.97. The van der Waals surface area contributed by atoms with Gasteiger partial charge in [0.1, 0.15) is 11.3 Å². The van der Waals surface area contributed by atoms with Gasteiger partial charge in [-0.25, -0.2) is 0 Å². The van der Waals surface area contributed by atoms with Crippen molar-refractivity contribution in [2.45, 2.75) is 25.8 Å². The fourth-order valence-corrected chi connectivity index (χ4v) is 4.46. The molecule has 8 heteroatoms. The molecule has 1 aromatic carbocycles. The van der Waals surface area contributed by atoms with Crippen LogP contribution in [0.3, 0.4) is 0 Å². The van der Waals surface area contributed by atoms with E-state index < -0.39 is 0 Å².